The standard InChI is InChI=1S/C8H12BrN3O/c1-6-7(5-12(2)11-6)10-8(13)3-4-9/h5H,3-4H2,1-2H3,(H,10,13). The van der Waals surface area contributed by atoms with Gasteiger partial charge in [0.15, 0.2) is 0 Å². The second-order valence-corrected chi connectivity index (χ2v) is 3.58. The molecular formula is C8H12BrN3O. The first kappa shape index (κ1) is 10.2. The minimum absolute atomic E-state index is 0.00738. The fourth-order valence-corrected chi connectivity index (χ4v) is 1.38. The van der Waals surface area contributed by atoms with Crippen LogP contribution >= 0.6 is 15.9 Å². The molecule has 0 radical (unpaired) electrons. The Bertz CT molecular complexity index is 308. The smallest absolute Gasteiger partial charge is 0.225 e. The maximum absolute atomic E-state index is 11.2. The van der Waals surface area contributed by atoms with Crippen molar-refractivity contribution in [3.05, 3.63) is 11.9 Å². The Morgan fingerprint density at radius 3 is 2.92 bits per heavy atom. The van der Waals surface area contributed by atoms with Gasteiger partial charge in [0.25, 0.3) is 0 Å². The molecule has 1 rings (SSSR count). The van der Waals surface area contributed by atoms with E-state index < -0.39 is 0 Å². The first-order chi connectivity index (χ1) is 6.13. The molecule has 0 unspecified atom stereocenters. The Labute approximate surface area is 85.4 Å². The van der Waals surface area contributed by atoms with Gasteiger partial charge >= 0.3 is 0 Å². The number of rotatable bonds is 3. The lowest BCUT2D eigenvalue weighted by atomic mass is 10.3. The van der Waals surface area contributed by atoms with Gasteiger partial charge in [-0.25, -0.2) is 0 Å². The molecule has 4 nitrogen and oxygen atoms in total. The third kappa shape index (κ3) is 2.84. The Hall–Kier alpha value is -0.840. The second-order valence-electron chi connectivity index (χ2n) is 2.79. The van der Waals surface area contributed by atoms with Crippen LogP contribution in [0.5, 0.6) is 0 Å². The van der Waals surface area contributed by atoms with E-state index in [0.717, 1.165) is 11.4 Å². The lowest BCUT2D eigenvalue weighted by molar-refractivity contribution is -0.115. The summed E-state index contributed by atoms with van der Waals surface area (Å²) in [6.45, 7) is 1.86. The molecule has 0 bridgehead atoms. The highest BCUT2D eigenvalue weighted by Crippen LogP contribution is 2.11. The minimum atomic E-state index is 0.00738. The SMILES string of the molecule is Cc1nn(C)cc1NC(=O)CCBr. The van der Waals surface area contributed by atoms with Crippen LogP contribution in [0, 0.1) is 6.92 Å². The summed E-state index contributed by atoms with van der Waals surface area (Å²) in [4.78, 5) is 11.2. The number of aryl methyl sites for hydroxylation is 2. The topological polar surface area (TPSA) is 46.9 Å². The van der Waals surface area contributed by atoms with E-state index in [1.54, 1.807) is 10.9 Å². The quantitative estimate of drug-likeness (QED) is 0.820. The lowest BCUT2D eigenvalue weighted by Crippen LogP contribution is -2.11. The molecule has 1 amide bonds. The summed E-state index contributed by atoms with van der Waals surface area (Å²) < 4.78 is 1.68. The van der Waals surface area contributed by atoms with E-state index in [1.165, 1.54) is 0 Å². The third-order valence-corrected chi connectivity index (χ3v) is 2.01. The molecule has 0 aliphatic heterocycles. The van der Waals surface area contributed by atoms with Crippen molar-refractivity contribution < 1.29 is 4.79 Å². The highest BCUT2D eigenvalue weighted by molar-refractivity contribution is 9.09. The van der Waals surface area contributed by atoms with Gasteiger partial charge in [0.05, 0.1) is 11.4 Å². The van der Waals surface area contributed by atoms with Crippen molar-refractivity contribution in [3.63, 3.8) is 0 Å². The fourth-order valence-electron chi connectivity index (χ4n) is 1.02. The molecule has 1 heterocycles. The van der Waals surface area contributed by atoms with E-state index in [9.17, 15) is 4.79 Å². The van der Waals surface area contributed by atoms with Crippen LogP contribution in [0.2, 0.25) is 0 Å². The van der Waals surface area contributed by atoms with Gasteiger partial charge in [0.2, 0.25) is 5.91 Å². The highest BCUT2D eigenvalue weighted by Gasteiger charge is 2.06. The maximum Gasteiger partial charge on any atom is 0.225 e. The van der Waals surface area contributed by atoms with Gasteiger partial charge in [0, 0.05) is 25.0 Å². The molecule has 1 aromatic heterocycles. The molecule has 5 heteroatoms. The molecule has 0 spiro atoms. The van der Waals surface area contributed by atoms with Crippen LogP contribution in [-0.4, -0.2) is 21.0 Å². The summed E-state index contributed by atoms with van der Waals surface area (Å²) in [6, 6.07) is 0. The molecule has 0 aliphatic rings. The van der Waals surface area contributed by atoms with E-state index in [0.29, 0.717) is 11.8 Å². The second kappa shape index (κ2) is 4.41. The number of carbonyl (C=O) groups is 1. The van der Waals surface area contributed by atoms with Gasteiger partial charge in [0.1, 0.15) is 0 Å². The lowest BCUT2D eigenvalue weighted by Gasteiger charge is -2.00. The predicted octanol–water partition coefficient (Wildman–Crippen LogP) is 1.45. The summed E-state index contributed by atoms with van der Waals surface area (Å²) in [7, 11) is 1.83. The Balaban J connectivity index is 2.63. The van der Waals surface area contributed by atoms with Crippen LogP contribution in [0.1, 0.15) is 12.1 Å². The van der Waals surface area contributed by atoms with Crippen molar-refractivity contribution in [1.82, 2.24) is 9.78 Å². The van der Waals surface area contributed by atoms with Crippen molar-refractivity contribution >= 4 is 27.5 Å². The zero-order chi connectivity index (χ0) is 9.84. The molecular weight excluding hydrogens is 234 g/mol. The van der Waals surface area contributed by atoms with E-state index in [-0.39, 0.29) is 5.91 Å². The molecule has 1 aromatic rings. The molecule has 0 aliphatic carbocycles. The number of anilines is 1. The van der Waals surface area contributed by atoms with Crippen LogP contribution in [0.4, 0.5) is 5.69 Å². The van der Waals surface area contributed by atoms with Crippen LogP contribution in [0.15, 0.2) is 6.20 Å². The summed E-state index contributed by atoms with van der Waals surface area (Å²) in [5.74, 6) is 0.00738. The third-order valence-electron chi connectivity index (χ3n) is 1.61. The highest BCUT2D eigenvalue weighted by atomic mass is 79.9. The van der Waals surface area contributed by atoms with Crippen molar-refractivity contribution in [2.75, 3.05) is 10.6 Å². The van der Waals surface area contributed by atoms with Crippen LogP contribution < -0.4 is 5.32 Å². The van der Waals surface area contributed by atoms with E-state index in [4.69, 9.17) is 0 Å². The number of carbonyl (C=O) groups excluding carboxylic acids is 1. The van der Waals surface area contributed by atoms with E-state index in [2.05, 4.69) is 26.3 Å². The number of amides is 1. The maximum atomic E-state index is 11.2. The van der Waals surface area contributed by atoms with Crippen molar-refractivity contribution in [1.29, 1.82) is 0 Å². The number of alkyl halides is 1. The molecule has 0 fully saturated rings. The Morgan fingerprint density at radius 2 is 2.46 bits per heavy atom. The molecule has 1 N–H and O–H groups in total. The largest absolute Gasteiger partial charge is 0.323 e. The number of nitrogens with zero attached hydrogens (tertiary/aromatic N) is 2. The van der Waals surface area contributed by atoms with Crippen molar-refractivity contribution in [2.24, 2.45) is 7.05 Å². The Morgan fingerprint density at radius 1 is 1.77 bits per heavy atom. The Kier molecular flexibility index (Phi) is 3.48. The van der Waals surface area contributed by atoms with Crippen molar-refractivity contribution in [3.8, 4) is 0 Å². The summed E-state index contributed by atoms with van der Waals surface area (Å²) in [6.07, 6.45) is 2.27. The molecule has 13 heavy (non-hydrogen) atoms. The van der Waals surface area contributed by atoms with Crippen LogP contribution in [0.25, 0.3) is 0 Å². The van der Waals surface area contributed by atoms with Crippen LogP contribution in [-0.2, 0) is 11.8 Å². The molecule has 0 saturated heterocycles. The van der Waals surface area contributed by atoms with Gasteiger partial charge < -0.3 is 5.32 Å². The summed E-state index contributed by atoms with van der Waals surface area (Å²) in [5.41, 5.74) is 1.62. The zero-order valence-electron chi connectivity index (χ0n) is 7.67. The number of hydrogen-bond donors (Lipinski definition) is 1. The minimum Gasteiger partial charge on any atom is -0.323 e. The number of aromatic nitrogens is 2. The van der Waals surface area contributed by atoms with Gasteiger partial charge in [-0.15, -0.1) is 0 Å². The molecule has 0 saturated carbocycles. The van der Waals surface area contributed by atoms with Gasteiger partial charge in [-0.2, -0.15) is 5.10 Å². The molecule has 0 atom stereocenters. The van der Waals surface area contributed by atoms with Crippen molar-refractivity contribution in [2.45, 2.75) is 13.3 Å². The average Bonchev–Trinajstić information content (AvgIpc) is 2.30. The van der Waals surface area contributed by atoms with Gasteiger partial charge in [-0.05, 0) is 6.92 Å². The number of halogens is 1. The molecule has 0 aromatic carbocycles. The number of hydrogen-bond acceptors (Lipinski definition) is 2. The summed E-state index contributed by atoms with van der Waals surface area (Å²) >= 11 is 3.21. The first-order valence-corrected chi connectivity index (χ1v) is 5.11. The predicted molar refractivity (Wildman–Crippen MR) is 55.0 cm³/mol. The van der Waals surface area contributed by atoms with E-state index in [1.807, 2.05) is 14.0 Å². The fraction of sp³-hybridized carbons (Fsp3) is 0.500. The van der Waals surface area contributed by atoms with E-state index >= 15 is 0 Å². The average molecular weight is 246 g/mol. The summed E-state index contributed by atoms with van der Waals surface area (Å²) in [5, 5.41) is 7.57. The molecule has 72 valence electrons. The monoisotopic (exact) mass is 245 g/mol. The zero-order valence-corrected chi connectivity index (χ0v) is 9.26. The van der Waals surface area contributed by atoms with Gasteiger partial charge in [-0.3, -0.25) is 9.48 Å². The normalized spacial score (nSPS) is 10.1. The van der Waals surface area contributed by atoms with Gasteiger partial charge in [-0.1, -0.05) is 15.9 Å². The number of nitrogens with one attached hydrogen (secondary N) is 1. The van der Waals surface area contributed by atoms with Crippen LogP contribution in [0.3, 0.4) is 0 Å². The first-order valence-electron chi connectivity index (χ1n) is 3.99.